The fraction of sp³-hybridized carbons (Fsp3) is 0.300. The van der Waals surface area contributed by atoms with Crippen LogP contribution in [0.15, 0.2) is 24.3 Å². The number of ether oxygens (including phenoxy) is 1. The van der Waals surface area contributed by atoms with Crippen LogP contribution in [0.5, 0.6) is 11.5 Å². The summed E-state index contributed by atoms with van der Waals surface area (Å²) in [5.74, 6) is 0.740. The lowest BCUT2D eigenvalue weighted by atomic mass is 10.3. The van der Waals surface area contributed by atoms with Gasteiger partial charge < -0.3 is 20.7 Å². The maximum absolute atomic E-state index is 9.23. The number of benzene rings is 1. The van der Waals surface area contributed by atoms with Gasteiger partial charge in [-0.15, -0.1) is 0 Å². The highest BCUT2D eigenvalue weighted by atomic mass is 16.5. The van der Waals surface area contributed by atoms with Gasteiger partial charge in [0.05, 0.1) is 6.10 Å². The van der Waals surface area contributed by atoms with Crippen molar-refractivity contribution in [3.8, 4) is 11.5 Å². The summed E-state index contributed by atoms with van der Waals surface area (Å²) in [6, 6.07) is 6.95. The van der Waals surface area contributed by atoms with E-state index in [1.54, 1.807) is 18.2 Å². The number of carbonyl (C=O) groups is 1. The van der Waals surface area contributed by atoms with Gasteiger partial charge in [0.2, 0.25) is 0 Å². The van der Waals surface area contributed by atoms with Crippen molar-refractivity contribution in [1.29, 1.82) is 0 Å². The van der Waals surface area contributed by atoms with Gasteiger partial charge in [0.25, 0.3) is 0 Å². The van der Waals surface area contributed by atoms with Crippen molar-refractivity contribution in [3.63, 3.8) is 0 Å². The lowest BCUT2D eigenvalue weighted by molar-refractivity contribution is 0.205. The van der Waals surface area contributed by atoms with Crippen molar-refractivity contribution in [2.45, 2.75) is 20.0 Å². The number of phenols is 1. The molecule has 84 valence electrons. The van der Waals surface area contributed by atoms with Crippen LogP contribution in [-0.2, 0) is 0 Å². The minimum Gasteiger partial charge on any atom is -0.504 e. The fourth-order valence-corrected chi connectivity index (χ4v) is 0.811. The quantitative estimate of drug-likeness (QED) is 0.698. The second-order valence-electron chi connectivity index (χ2n) is 2.97. The van der Waals surface area contributed by atoms with Crippen LogP contribution in [0, 0.1) is 0 Å². The highest BCUT2D eigenvalue weighted by Gasteiger charge is 2.01. The number of phenolic OH excluding ortho intramolecular Hbond substituents is 1. The van der Waals surface area contributed by atoms with Gasteiger partial charge in [-0.3, -0.25) is 0 Å². The maximum atomic E-state index is 9.23. The Hall–Kier alpha value is -1.91. The smallest absolute Gasteiger partial charge is 0.402 e. The lowest BCUT2D eigenvalue weighted by Gasteiger charge is -2.09. The highest BCUT2D eigenvalue weighted by molar-refractivity contribution is 5.61. The first-order chi connectivity index (χ1) is 6.93. The molecule has 1 aromatic rings. The predicted molar refractivity (Wildman–Crippen MR) is 56.1 cm³/mol. The summed E-state index contributed by atoms with van der Waals surface area (Å²) in [6.45, 7) is 3.85. The molecule has 1 amide bonds. The standard InChI is InChI=1S/C9H12O2.CH3NO2/c1-7(2)11-9-6-4-3-5-8(9)10;2-1(3)4/h3-7,10H,1-2H3;2H2,(H,3,4). The summed E-state index contributed by atoms with van der Waals surface area (Å²) < 4.78 is 5.29. The zero-order valence-corrected chi connectivity index (χ0v) is 8.68. The first kappa shape index (κ1) is 13.1. The van der Waals surface area contributed by atoms with Gasteiger partial charge in [-0.2, -0.15) is 0 Å². The van der Waals surface area contributed by atoms with Crippen molar-refractivity contribution in [3.05, 3.63) is 24.3 Å². The van der Waals surface area contributed by atoms with Crippen LogP contribution in [0.2, 0.25) is 0 Å². The number of aromatic hydroxyl groups is 1. The zero-order chi connectivity index (χ0) is 11.8. The maximum Gasteiger partial charge on any atom is 0.402 e. The Labute approximate surface area is 88.1 Å². The molecular weight excluding hydrogens is 198 g/mol. The molecule has 0 fully saturated rings. The molecule has 0 unspecified atom stereocenters. The van der Waals surface area contributed by atoms with Gasteiger partial charge in [-0.05, 0) is 26.0 Å². The first-order valence-corrected chi connectivity index (χ1v) is 4.36. The Bertz CT molecular complexity index is 308. The fourth-order valence-electron chi connectivity index (χ4n) is 0.811. The van der Waals surface area contributed by atoms with E-state index < -0.39 is 6.09 Å². The zero-order valence-electron chi connectivity index (χ0n) is 8.68. The van der Waals surface area contributed by atoms with E-state index in [9.17, 15) is 5.11 Å². The first-order valence-electron chi connectivity index (χ1n) is 4.36. The van der Waals surface area contributed by atoms with E-state index in [1.807, 2.05) is 19.9 Å². The van der Waals surface area contributed by atoms with Crippen molar-refractivity contribution < 1.29 is 19.7 Å². The molecule has 1 aromatic carbocycles. The highest BCUT2D eigenvalue weighted by Crippen LogP contribution is 2.25. The third-order valence-corrected chi connectivity index (χ3v) is 1.23. The summed E-state index contributed by atoms with van der Waals surface area (Å²) in [6.07, 6.45) is -1.23. The summed E-state index contributed by atoms with van der Waals surface area (Å²) >= 11 is 0. The molecule has 4 N–H and O–H groups in total. The number of para-hydroxylation sites is 2. The SMILES string of the molecule is CC(C)Oc1ccccc1O.NC(=O)O. The number of nitrogens with two attached hydrogens (primary N) is 1. The van der Waals surface area contributed by atoms with Crippen LogP contribution in [0.3, 0.4) is 0 Å². The van der Waals surface area contributed by atoms with Crippen molar-refractivity contribution in [1.82, 2.24) is 0 Å². The predicted octanol–water partition coefficient (Wildman–Crippen LogP) is 1.80. The number of carboxylic acid groups (broad SMARTS) is 1. The molecular formula is C10H15NO4. The third-order valence-electron chi connectivity index (χ3n) is 1.23. The van der Waals surface area contributed by atoms with E-state index in [4.69, 9.17) is 14.6 Å². The second-order valence-corrected chi connectivity index (χ2v) is 2.97. The van der Waals surface area contributed by atoms with Crippen LogP contribution in [0.4, 0.5) is 4.79 Å². The monoisotopic (exact) mass is 213 g/mol. The second kappa shape index (κ2) is 6.53. The minimum atomic E-state index is -1.33. The van der Waals surface area contributed by atoms with Crippen LogP contribution in [0.1, 0.15) is 13.8 Å². The largest absolute Gasteiger partial charge is 0.504 e. The van der Waals surface area contributed by atoms with E-state index in [-0.39, 0.29) is 11.9 Å². The summed E-state index contributed by atoms with van der Waals surface area (Å²) in [4.78, 5) is 8.78. The number of hydrogen-bond donors (Lipinski definition) is 3. The molecule has 0 bridgehead atoms. The Morgan fingerprint density at radius 3 is 2.27 bits per heavy atom. The number of primary amides is 1. The number of hydrogen-bond acceptors (Lipinski definition) is 3. The molecule has 5 nitrogen and oxygen atoms in total. The molecule has 0 atom stereocenters. The molecule has 15 heavy (non-hydrogen) atoms. The van der Waals surface area contributed by atoms with Gasteiger partial charge in [0, 0.05) is 0 Å². The summed E-state index contributed by atoms with van der Waals surface area (Å²) in [5, 5.41) is 16.4. The Morgan fingerprint density at radius 1 is 1.40 bits per heavy atom. The van der Waals surface area contributed by atoms with E-state index in [0.29, 0.717) is 5.75 Å². The average Bonchev–Trinajstić information content (AvgIpc) is 2.07. The molecule has 0 aliphatic carbocycles. The summed E-state index contributed by atoms with van der Waals surface area (Å²) in [7, 11) is 0. The molecule has 1 rings (SSSR count). The topological polar surface area (TPSA) is 92.8 Å². The van der Waals surface area contributed by atoms with Crippen molar-refractivity contribution in [2.24, 2.45) is 5.73 Å². The van der Waals surface area contributed by atoms with Gasteiger partial charge in [-0.25, -0.2) is 4.79 Å². The van der Waals surface area contributed by atoms with Crippen LogP contribution in [-0.4, -0.2) is 22.4 Å². The number of amides is 1. The van der Waals surface area contributed by atoms with Crippen LogP contribution < -0.4 is 10.5 Å². The van der Waals surface area contributed by atoms with Gasteiger partial charge in [0.1, 0.15) is 0 Å². The molecule has 0 radical (unpaired) electrons. The normalized spacial score (nSPS) is 9.00. The van der Waals surface area contributed by atoms with Crippen LogP contribution in [0.25, 0.3) is 0 Å². The van der Waals surface area contributed by atoms with E-state index in [0.717, 1.165) is 0 Å². The molecule has 5 heteroatoms. The van der Waals surface area contributed by atoms with E-state index in [1.165, 1.54) is 0 Å². The number of rotatable bonds is 2. The lowest BCUT2D eigenvalue weighted by Crippen LogP contribution is -2.05. The molecule has 0 saturated heterocycles. The molecule has 0 saturated carbocycles. The Morgan fingerprint density at radius 2 is 1.87 bits per heavy atom. The Balaban J connectivity index is 0.000000423. The minimum absolute atomic E-state index is 0.100. The van der Waals surface area contributed by atoms with Gasteiger partial charge >= 0.3 is 6.09 Å². The van der Waals surface area contributed by atoms with Crippen molar-refractivity contribution in [2.75, 3.05) is 0 Å². The van der Waals surface area contributed by atoms with E-state index in [2.05, 4.69) is 5.73 Å². The molecule has 0 aliphatic rings. The molecule has 0 aliphatic heterocycles. The summed E-state index contributed by atoms with van der Waals surface area (Å²) in [5.41, 5.74) is 4.03. The third kappa shape index (κ3) is 7.18. The molecule has 0 aromatic heterocycles. The Kier molecular flexibility index (Phi) is 5.70. The average molecular weight is 213 g/mol. The van der Waals surface area contributed by atoms with Crippen molar-refractivity contribution >= 4 is 6.09 Å². The molecule has 0 heterocycles. The van der Waals surface area contributed by atoms with Gasteiger partial charge in [0.15, 0.2) is 11.5 Å². The molecule has 0 spiro atoms. The van der Waals surface area contributed by atoms with E-state index >= 15 is 0 Å². The van der Waals surface area contributed by atoms with Crippen LogP contribution >= 0.6 is 0 Å². The van der Waals surface area contributed by atoms with Gasteiger partial charge in [-0.1, -0.05) is 12.1 Å².